The molecule has 5 heteroatoms. The van der Waals surface area contributed by atoms with Gasteiger partial charge in [-0.25, -0.2) is 0 Å². The first-order valence-electron chi connectivity index (χ1n) is 7.05. The third kappa shape index (κ3) is 5.74. The fraction of sp³-hybridized carbons (Fsp3) is 0.294. The van der Waals surface area contributed by atoms with Gasteiger partial charge < -0.3 is 10.1 Å². The molecule has 0 saturated carbocycles. The van der Waals surface area contributed by atoms with Gasteiger partial charge in [0.25, 0.3) is 5.91 Å². The zero-order valence-corrected chi connectivity index (χ0v) is 13.6. The molecule has 22 heavy (non-hydrogen) atoms. The Morgan fingerprint density at radius 2 is 1.95 bits per heavy atom. The van der Waals surface area contributed by atoms with Crippen molar-refractivity contribution in [1.82, 2.24) is 10.3 Å². The van der Waals surface area contributed by atoms with Crippen LogP contribution in [-0.2, 0) is 6.54 Å². The number of hydrogen-bond acceptors (Lipinski definition) is 3. The summed E-state index contributed by atoms with van der Waals surface area (Å²) in [5.41, 5.74) is 1.60. The van der Waals surface area contributed by atoms with Crippen molar-refractivity contribution in [3.8, 4) is 5.75 Å². The van der Waals surface area contributed by atoms with Gasteiger partial charge in [-0.2, -0.15) is 0 Å². The minimum Gasteiger partial charge on any atom is -0.493 e. The Hall–Kier alpha value is -2.07. The van der Waals surface area contributed by atoms with E-state index < -0.39 is 0 Å². The largest absolute Gasteiger partial charge is 0.493 e. The molecule has 2 rings (SSSR count). The zero-order chi connectivity index (χ0) is 15.1. The summed E-state index contributed by atoms with van der Waals surface area (Å²) in [6.07, 6.45) is 3.20. The fourth-order valence-electron chi connectivity index (χ4n) is 1.75. The summed E-state index contributed by atoms with van der Waals surface area (Å²) >= 11 is 0. The third-order valence-electron chi connectivity index (χ3n) is 2.88. The molecule has 0 atom stereocenters. The Morgan fingerprint density at radius 1 is 1.23 bits per heavy atom. The SMILES string of the molecule is CC(C)COc1ccc(CNC(=O)c2cccnc2)cc1.Cl. The molecule has 0 aliphatic heterocycles. The molecule has 1 heterocycles. The first-order valence-corrected chi connectivity index (χ1v) is 7.05. The van der Waals surface area contributed by atoms with Crippen LogP contribution in [0, 0.1) is 5.92 Å². The Balaban J connectivity index is 0.00000242. The third-order valence-corrected chi connectivity index (χ3v) is 2.88. The topological polar surface area (TPSA) is 51.2 Å². The van der Waals surface area contributed by atoms with E-state index in [0.29, 0.717) is 24.6 Å². The van der Waals surface area contributed by atoms with Crippen molar-refractivity contribution < 1.29 is 9.53 Å². The van der Waals surface area contributed by atoms with Crippen LogP contribution in [0.2, 0.25) is 0 Å². The number of rotatable bonds is 6. The first kappa shape index (κ1) is 18.0. The number of ether oxygens (including phenoxy) is 1. The molecule has 0 saturated heterocycles. The van der Waals surface area contributed by atoms with Gasteiger partial charge in [0, 0.05) is 18.9 Å². The van der Waals surface area contributed by atoms with Gasteiger partial charge in [-0.05, 0) is 35.7 Å². The molecular formula is C17H21ClN2O2. The van der Waals surface area contributed by atoms with Crippen molar-refractivity contribution in [2.24, 2.45) is 5.92 Å². The van der Waals surface area contributed by atoms with Gasteiger partial charge in [-0.1, -0.05) is 26.0 Å². The average Bonchev–Trinajstić information content (AvgIpc) is 2.52. The maximum atomic E-state index is 11.9. The van der Waals surface area contributed by atoms with E-state index in [2.05, 4.69) is 24.1 Å². The highest BCUT2D eigenvalue weighted by molar-refractivity contribution is 5.93. The van der Waals surface area contributed by atoms with Gasteiger partial charge in [-0.3, -0.25) is 9.78 Å². The second kappa shape index (κ2) is 9.05. The summed E-state index contributed by atoms with van der Waals surface area (Å²) in [5, 5.41) is 2.87. The minimum absolute atomic E-state index is 0. The maximum Gasteiger partial charge on any atom is 0.253 e. The van der Waals surface area contributed by atoms with E-state index in [0.717, 1.165) is 11.3 Å². The fourth-order valence-corrected chi connectivity index (χ4v) is 1.75. The van der Waals surface area contributed by atoms with E-state index in [1.807, 2.05) is 24.3 Å². The molecule has 1 amide bonds. The zero-order valence-electron chi connectivity index (χ0n) is 12.8. The van der Waals surface area contributed by atoms with E-state index in [4.69, 9.17) is 4.74 Å². The van der Waals surface area contributed by atoms with Crippen molar-refractivity contribution in [2.45, 2.75) is 20.4 Å². The molecule has 2 aromatic rings. The summed E-state index contributed by atoms with van der Waals surface area (Å²) < 4.78 is 5.62. The Morgan fingerprint density at radius 3 is 2.55 bits per heavy atom. The lowest BCUT2D eigenvalue weighted by Gasteiger charge is -2.09. The van der Waals surface area contributed by atoms with Gasteiger partial charge in [-0.15, -0.1) is 12.4 Å². The highest BCUT2D eigenvalue weighted by Crippen LogP contribution is 2.13. The summed E-state index contributed by atoms with van der Waals surface area (Å²) in [6, 6.07) is 11.3. The molecule has 0 unspecified atom stereocenters. The highest BCUT2D eigenvalue weighted by atomic mass is 35.5. The van der Waals surface area contributed by atoms with Crippen LogP contribution in [0.4, 0.5) is 0 Å². The number of aromatic nitrogens is 1. The second-order valence-corrected chi connectivity index (χ2v) is 5.27. The van der Waals surface area contributed by atoms with E-state index in [1.54, 1.807) is 24.5 Å². The molecule has 1 aromatic heterocycles. The molecule has 1 aromatic carbocycles. The van der Waals surface area contributed by atoms with Gasteiger partial charge in [0.05, 0.1) is 12.2 Å². The molecule has 118 valence electrons. The highest BCUT2D eigenvalue weighted by Gasteiger charge is 2.04. The summed E-state index contributed by atoms with van der Waals surface area (Å²) in [7, 11) is 0. The number of hydrogen-bond donors (Lipinski definition) is 1. The van der Waals surface area contributed by atoms with Gasteiger partial charge in [0.15, 0.2) is 0 Å². The van der Waals surface area contributed by atoms with Crippen LogP contribution in [0.25, 0.3) is 0 Å². The summed E-state index contributed by atoms with van der Waals surface area (Å²) in [6.45, 7) is 5.42. The van der Waals surface area contributed by atoms with Crippen molar-refractivity contribution in [2.75, 3.05) is 6.61 Å². The lowest BCUT2D eigenvalue weighted by Crippen LogP contribution is -2.22. The monoisotopic (exact) mass is 320 g/mol. The maximum absolute atomic E-state index is 11.9. The van der Waals surface area contributed by atoms with E-state index >= 15 is 0 Å². The van der Waals surface area contributed by atoms with Crippen molar-refractivity contribution in [1.29, 1.82) is 0 Å². The number of carbonyl (C=O) groups is 1. The first-order chi connectivity index (χ1) is 10.1. The molecule has 0 aliphatic carbocycles. The van der Waals surface area contributed by atoms with Crippen LogP contribution in [0.15, 0.2) is 48.8 Å². The minimum atomic E-state index is -0.122. The molecule has 0 aliphatic rings. The van der Waals surface area contributed by atoms with Gasteiger partial charge >= 0.3 is 0 Å². The normalized spacial score (nSPS) is 9.95. The average molecular weight is 321 g/mol. The smallest absolute Gasteiger partial charge is 0.253 e. The van der Waals surface area contributed by atoms with Crippen LogP contribution < -0.4 is 10.1 Å². The molecule has 1 N–H and O–H groups in total. The number of nitrogens with one attached hydrogen (secondary N) is 1. The molecule has 0 fully saturated rings. The van der Waals surface area contributed by atoms with E-state index in [-0.39, 0.29) is 18.3 Å². The van der Waals surface area contributed by atoms with Crippen molar-refractivity contribution >= 4 is 18.3 Å². The predicted molar refractivity (Wildman–Crippen MR) is 89.4 cm³/mol. The molecular weight excluding hydrogens is 300 g/mol. The van der Waals surface area contributed by atoms with Crippen molar-refractivity contribution in [3.05, 3.63) is 59.9 Å². The Kier molecular flexibility index (Phi) is 7.40. The Bertz CT molecular complexity index is 571. The molecule has 0 radical (unpaired) electrons. The summed E-state index contributed by atoms with van der Waals surface area (Å²) in [5.74, 6) is 1.23. The molecule has 4 nitrogen and oxygen atoms in total. The van der Waals surface area contributed by atoms with Crippen molar-refractivity contribution in [3.63, 3.8) is 0 Å². The standard InChI is InChI=1S/C17H20N2O2.ClH/c1-13(2)12-21-16-7-5-14(6-8-16)10-19-17(20)15-4-3-9-18-11-15;/h3-9,11,13H,10,12H2,1-2H3,(H,19,20);1H. The van der Waals surface area contributed by atoms with Crippen LogP contribution in [0.3, 0.4) is 0 Å². The van der Waals surface area contributed by atoms with Gasteiger partial charge in [0.1, 0.15) is 5.75 Å². The quantitative estimate of drug-likeness (QED) is 0.886. The molecule has 0 bridgehead atoms. The summed E-state index contributed by atoms with van der Waals surface area (Å²) in [4.78, 5) is 15.8. The van der Waals surface area contributed by atoms with Crippen LogP contribution in [0.5, 0.6) is 5.75 Å². The number of nitrogens with zero attached hydrogens (tertiary/aromatic N) is 1. The lowest BCUT2D eigenvalue weighted by molar-refractivity contribution is 0.0950. The van der Waals surface area contributed by atoms with Crippen LogP contribution in [0.1, 0.15) is 29.8 Å². The Labute approximate surface area is 137 Å². The van der Waals surface area contributed by atoms with E-state index in [1.165, 1.54) is 0 Å². The number of benzene rings is 1. The number of pyridine rings is 1. The predicted octanol–water partition coefficient (Wildman–Crippen LogP) is 3.47. The number of carbonyl (C=O) groups excluding carboxylic acids is 1. The lowest BCUT2D eigenvalue weighted by atomic mass is 10.2. The number of amides is 1. The van der Waals surface area contributed by atoms with Crippen LogP contribution in [-0.4, -0.2) is 17.5 Å². The van der Waals surface area contributed by atoms with Crippen LogP contribution >= 0.6 is 12.4 Å². The second-order valence-electron chi connectivity index (χ2n) is 5.27. The van der Waals surface area contributed by atoms with Gasteiger partial charge in [0.2, 0.25) is 0 Å². The number of halogens is 1. The molecule has 0 spiro atoms. The van der Waals surface area contributed by atoms with E-state index in [9.17, 15) is 4.79 Å².